The van der Waals surface area contributed by atoms with Crippen LogP contribution in [0.25, 0.3) is 0 Å². The molecule has 0 aliphatic heterocycles. The number of halogens is 1. The van der Waals surface area contributed by atoms with Crippen LogP contribution in [0.15, 0.2) is 0 Å². The minimum Gasteiger partial charge on any atom is -0.425 e. The Balaban J connectivity index is 4.31. The smallest absolute Gasteiger partial charge is 0.410 e. The van der Waals surface area contributed by atoms with Gasteiger partial charge in [-0.1, -0.05) is 27.7 Å². The second-order valence-electron chi connectivity index (χ2n) is 5.70. The molecule has 0 aromatic heterocycles. The molecule has 0 radical (unpaired) electrons. The van der Waals surface area contributed by atoms with E-state index in [-0.39, 0.29) is 24.8 Å². The van der Waals surface area contributed by atoms with Crippen LogP contribution < -0.4 is 5.32 Å². The van der Waals surface area contributed by atoms with Gasteiger partial charge in [-0.05, 0) is 0 Å². The third kappa shape index (κ3) is 8.34. The predicted molar refractivity (Wildman–Crippen MR) is 79.3 cm³/mol. The van der Waals surface area contributed by atoms with E-state index in [4.69, 9.17) is 14.4 Å². The van der Waals surface area contributed by atoms with Crippen LogP contribution in [0.2, 0.25) is 0 Å². The number of ether oxygens (including phenoxy) is 2. The minimum atomic E-state index is -3.82. The molecule has 3 atom stereocenters. The van der Waals surface area contributed by atoms with Gasteiger partial charge in [-0.15, -0.1) is 0 Å². The molecule has 0 spiro atoms. The fraction of sp³-hybridized carbons (Fsp3) is 0.846. The van der Waals surface area contributed by atoms with Gasteiger partial charge in [0.25, 0.3) is 6.29 Å². The van der Waals surface area contributed by atoms with Crippen molar-refractivity contribution in [1.82, 2.24) is 5.32 Å². The first-order valence-electron chi connectivity index (χ1n) is 7.04. The number of esters is 1. The Labute approximate surface area is 130 Å². The Morgan fingerprint density at radius 3 is 2.18 bits per heavy atom. The van der Waals surface area contributed by atoms with E-state index in [2.05, 4.69) is 5.32 Å². The number of carbonyl (C=O) groups excluding carboxylic acids is 2. The number of hydrogen-bond donors (Lipinski definition) is 2. The summed E-state index contributed by atoms with van der Waals surface area (Å²) in [6, 6.07) is 0. The van der Waals surface area contributed by atoms with E-state index in [1.165, 1.54) is 0 Å². The summed E-state index contributed by atoms with van der Waals surface area (Å²) >= 11 is 0. The molecule has 0 aliphatic carbocycles. The van der Waals surface area contributed by atoms with Crippen LogP contribution in [-0.4, -0.2) is 42.4 Å². The Hall–Kier alpha value is -1.14. The summed E-state index contributed by atoms with van der Waals surface area (Å²) in [6.07, 6.45) is -2.24. The van der Waals surface area contributed by atoms with Crippen molar-refractivity contribution in [3.8, 4) is 0 Å². The molecule has 2 unspecified atom stereocenters. The highest BCUT2D eigenvalue weighted by atomic mass is 31.2. The van der Waals surface area contributed by atoms with Gasteiger partial charge in [0, 0.05) is 25.5 Å². The van der Waals surface area contributed by atoms with E-state index in [9.17, 15) is 18.5 Å². The van der Waals surface area contributed by atoms with Crippen molar-refractivity contribution in [2.45, 2.75) is 46.3 Å². The van der Waals surface area contributed by atoms with Crippen LogP contribution in [0.5, 0.6) is 0 Å². The van der Waals surface area contributed by atoms with Crippen molar-refractivity contribution in [2.24, 2.45) is 11.8 Å². The zero-order chi connectivity index (χ0) is 17.5. The molecule has 0 aromatic rings. The first-order chi connectivity index (χ1) is 9.95. The van der Waals surface area contributed by atoms with E-state index in [1.54, 1.807) is 27.7 Å². The molecule has 130 valence electrons. The Morgan fingerprint density at radius 1 is 1.23 bits per heavy atom. The van der Waals surface area contributed by atoms with Crippen LogP contribution in [0, 0.1) is 11.8 Å². The highest BCUT2D eigenvalue weighted by Gasteiger charge is 2.26. The maximum Gasteiger partial charge on any atom is 0.410 e. The number of alkyl carbamates (subject to hydrolysis) is 1. The van der Waals surface area contributed by atoms with E-state index in [0.29, 0.717) is 0 Å². The fourth-order valence-electron chi connectivity index (χ4n) is 1.23. The van der Waals surface area contributed by atoms with E-state index in [1.807, 2.05) is 0 Å². The first kappa shape index (κ1) is 20.9. The number of hydrogen-bond acceptors (Lipinski definition) is 5. The SMILES string of the molecule is CC(C)C(=O)OC(OC(=O)NCC[C@H](F)P(C)(=O)O)C(C)C. The summed E-state index contributed by atoms with van der Waals surface area (Å²) in [7, 11) is -3.82. The lowest BCUT2D eigenvalue weighted by atomic mass is 10.2. The third-order valence-electron chi connectivity index (χ3n) is 2.64. The predicted octanol–water partition coefficient (Wildman–Crippen LogP) is 2.48. The van der Waals surface area contributed by atoms with Gasteiger partial charge in [-0.2, -0.15) is 0 Å². The summed E-state index contributed by atoms with van der Waals surface area (Å²) in [6.45, 7) is 7.47. The Kier molecular flexibility index (Phi) is 8.63. The first-order valence-corrected chi connectivity index (χ1v) is 9.21. The molecule has 0 fully saturated rings. The maximum absolute atomic E-state index is 13.2. The molecule has 9 heteroatoms. The molecule has 0 heterocycles. The Morgan fingerprint density at radius 2 is 1.77 bits per heavy atom. The van der Waals surface area contributed by atoms with Crippen LogP contribution in [0.4, 0.5) is 9.18 Å². The average molecular weight is 341 g/mol. The average Bonchev–Trinajstić information content (AvgIpc) is 2.36. The number of carbonyl (C=O) groups is 2. The molecular formula is C13H25FNO6P. The molecule has 1 amide bonds. The van der Waals surface area contributed by atoms with Crippen LogP contribution in [0.1, 0.15) is 34.1 Å². The van der Waals surface area contributed by atoms with Crippen molar-refractivity contribution >= 4 is 19.4 Å². The summed E-state index contributed by atoms with van der Waals surface area (Å²) in [5, 5.41) is 2.25. The number of nitrogens with one attached hydrogen (secondary N) is 1. The highest BCUT2D eigenvalue weighted by molar-refractivity contribution is 7.57. The molecule has 0 aromatic carbocycles. The summed E-state index contributed by atoms with van der Waals surface area (Å²) in [4.78, 5) is 32.1. The lowest BCUT2D eigenvalue weighted by molar-refractivity contribution is -0.178. The monoisotopic (exact) mass is 341 g/mol. The molecule has 0 saturated carbocycles. The number of alkyl halides is 1. The number of amides is 1. The van der Waals surface area contributed by atoms with E-state index in [0.717, 1.165) is 6.66 Å². The lowest BCUT2D eigenvalue weighted by Crippen LogP contribution is -2.36. The normalized spacial score (nSPS) is 16.8. The maximum atomic E-state index is 13.2. The van der Waals surface area contributed by atoms with Gasteiger partial charge < -0.3 is 19.7 Å². The Bertz CT molecular complexity index is 423. The number of rotatable bonds is 8. The van der Waals surface area contributed by atoms with Crippen LogP contribution >= 0.6 is 7.37 Å². The van der Waals surface area contributed by atoms with Crippen molar-refractivity contribution in [3.05, 3.63) is 0 Å². The molecule has 22 heavy (non-hydrogen) atoms. The van der Waals surface area contributed by atoms with Crippen molar-refractivity contribution in [2.75, 3.05) is 13.2 Å². The van der Waals surface area contributed by atoms with Gasteiger partial charge in [-0.25, -0.2) is 9.18 Å². The second kappa shape index (κ2) is 9.10. The second-order valence-corrected chi connectivity index (χ2v) is 8.15. The molecule has 7 nitrogen and oxygen atoms in total. The minimum absolute atomic E-state index is 0.165. The van der Waals surface area contributed by atoms with Crippen LogP contribution in [0.3, 0.4) is 0 Å². The van der Waals surface area contributed by atoms with Gasteiger partial charge in [0.1, 0.15) is 0 Å². The molecule has 0 rings (SSSR count). The summed E-state index contributed by atoms with van der Waals surface area (Å²) < 4.78 is 34.3. The molecular weight excluding hydrogens is 316 g/mol. The standard InChI is InChI=1S/C13H25FNO6P/c1-8(2)11(16)20-12(9(3)4)21-13(17)15-7-6-10(14)22(5,18)19/h8-10,12H,6-7H2,1-5H3,(H,15,17)(H,18,19)/t10-,12?/m1/s1. The lowest BCUT2D eigenvalue weighted by Gasteiger charge is -2.22. The molecule has 2 N–H and O–H groups in total. The van der Waals surface area contributed by atoms with Crippen molar-refractivity contribution in [1.29, 1.82) is 0 Å². The van der Waals surface area contributed by atoms with Crippen molar-refractivity contribution < 1.29 is 32.9 Å². The van der Waals surface area contributed by atoms with Gasteiger partial charge >= 0.3 is 12.1 Å². The molecule has 0 bridgehead atoms. The largest absolute Gasteiger partial charge is 0.425 e. The zero-order valence-corrected chi connectivity index (χ0v) is 14.4. The fourth-order valence-corrected chi connectivity index (χ4v) is 1.84. The molecule has 0 saturated heterocycles. The van der Waals surface area contributed by atoms with E-state index >= 15 is 0 Å². The third-order valence-corrected chi connectivity index (χ3v) is 3.94. The molecule has 0 aliphatic rings. The summed E-state index contributed by atoms with van der Waals surface area (Å²) in [5.41, 5.74) is 0. The topological polar surface area (TPSA) is 102 Å². The van der Waals surface area contributed by atoms with Gasteiger partial charge in [0.2, 0.25) is 7.37 Å². The van der Waals surface area contributed by atoms with Crippen molar-refractivity contribution in [3.63, 3.8) is 0 Å². The summed E-state index contributed by atoms with van der Waals surface area (Å²) in [5.74, 6) is -3.02. The zero-order valence-electron chi connectivity index (χ0n) is 13.5. The quantitative estimate of drug-likeness (QED) is 0.399. The highest BCUT2D eigenvalue weighted by Crippen LogP contribution is 2.43. The van der Waals surface area contributed by atoms with Gasteiger partial charge in [0.05, 0.1) is 5.92 Å². The van der Waals surface area contributed by atoms with Crippen LogP contribution in [-0.2, 0) is 18.8 Å². The van der Waals surface area contributed by atoms with E-state index < -0.39 is 31.6 Å². The van der Waals surface area contributed by atoms with Gasteiger partial charge in [-0.3, -0.25) is 9.36 Å². The van der Waals surface area contributed by atoms with Gasteiger partial charge in [0.15, 0.2) is 5.91 Å².